The summed E-state index contributed by atoms with van der Waals surface area (Å²) in [5, 5.41) is 0. The van der Waals surface area contributed by atoms with Crippen LogP contribution >= 0.6 is 11.8 Å². The lowest BCUT2D eigenvalue weighted by Gasteiger charge is -1.99. The van der Waals surface area contributed by atoms with Gasteiger partial charge in [-0.05, 0) is 12.7 Å². The number of hydrogen-bond donors (Lipinski definition) is 0. The van der Waals surface area contributed by atoms with Crippen molar-refractivity contribution in [2.24, 2.45) is 0 Å². The molecule has 1 aromatic heterocycles. The van der Waals surface area contributed by atoms with Crippen molar-refractivity contribution in [1.82, 2.24) is 9.13 Å². The van der Waals surface area contributed by atoms with Gasteiger partial charge in [-0.2, -0.15) is 11.8 Å². The summed E-state index contributed by atoms with van der Waals surface area (Å²) in [5.74, 6) is 2.13. The number of aromatic nitrogens is 2. The molecule has 0 N–H and O–H groups in total. The van der Waals surface area contributed by atoms with Crippen LogP contribution in [0.15, 0.2) is 17.2 Å². The van der Waals surface area contributed by atoms with Crippen LogP contribution in [-0.4, -0.2) is 20.6 Å². The molecule has 0 atom stereocenters. The summed E-state index contributed by atoms with van der Waals surface area (Å²) in [4.78, 5) is 11.5. The van der Waals surface area contributed by atoms with Gasteiger partial charge in [0, 0.05) is 31.2 Å². The predicted octanol–water partition coefficient (Wildman–Crippen LogP) is 1.42. The first-order valence-electron chi connectivity index (χ1n) is 4.63. The molecular formula is C9H16N2OS. The molecule has 0 radical (unpaired) electrons. The topological polar surface area (TPSA) is 26.9 Å². The zero-order chi connectivity index (χ0) is 9.68. The van der Waals surface area contributed by atoms with Crippen LogP contribution in [0, 0.1) is 0 Å². The van der Waals surface area contributed by atoms with Crippen molar-refractivity contribution in [1.29, 1.82) is 0 Å². The molecule has 0 saturated carbocycles. The zero-order valence-electron chi connectivity index (χ0n) is 8.19. The number of nitrogens with zero attached hydrogens (tertiary/aromatic N) is 2. The Bertz CT molecular complexity index is 303. The van der Waals surface area contributed by atoms with E-state index in [-0.39, 0.29) is 5.69 Å². The summed E-state index contributed by atoms with van der Waals surface area (Å²) < 4.78 is 3.49. The Balaban J connectivity index is 2.57. The first kappa shape index (κ1) is 10.4. The quantitative estimate of drug-likeness (QED) is 0.672. The average molecular weight is 200 g/mol. The molecular weight excluding hydrogens is 184 g/mol. The summed E-state index contributed by atoms with van der Waals surface area (Å²) in [6.45, 7) is 5.69. The Morgan fingerprint density at radius 1 is 1.31 bits per heavy atom. The second-order valence-electron chi connectivity index (χ2n) is 2.76. The summed E-state index contributed by atoms with van der Waals surface area (Å²) >= 11 is 1.86. The van der Waals surface area contributed by atoms with Gasteiger partial charge in [0.2, 0.25) is 0 Å². The summed E-state index contributed by atoms with van der Waals surface area (Å²) in [5.41, 5.74) is 0.110. The average Bonchev–Trinajstić information content (AvgIpc) is 2.48. The maximum Gasteiger partial charge on any atom is 0.328 e. The Kier molecular flexibility index (Phi) is 4.15. The largest absolute Gasteiger partial charge is 0.328 e. The Labute approximate surface area is 82.8 Å². The molecule has 0 aliphatic carbocycles. The standard InChI is InChI=1S/C9H16N2OS/c1-3-10-5-6-11(9(10)12)7-8-13-4-2/h5-6H,3-4,7-8H2,1-2H3. The number of aryl methyl sites for hydroxylation is 2. The van der Waals surface area contributed by atoms with Gasteiger partial charge in [0.25, 0.3) is 0 Å². The van der Waals surface area contributed by atoms with Crippen LogP contribution in [-0.2, 0) is 13.1 Å². The summed E-state index contributed by atoms with van der Waals surface area (Å²) in [6, 6.07) is 0. The number of thioether (sulfide) groups is 1. The van der Waals surface area contributed by atoms with Crippen molar-refractivity contribution in [3.63, 3.8) is 0 Å². The Hall–Kier alpha value is -0.640. The molecule has 0 unspecified atom stereocenters. The van der Waals surface area contributed by atoms with E-state index in [0.717, 1.165) is 24.6 Å². The molecule has 3 nitrogen and oxygen atoms in total. The minimum Gasteiger partial charge on any atom is -0.300 e. The third-order valence-electron chi connectivity index (χ3n) is 1.94. The van der Waals surface area contributed by atoms with Crippen molar-refractivity contribution in [3.8, 4) is 0 Å². The molecule has 4 heteroatoms. The van der Waals surface area contributed by atoms with E-state index in [1.54, 1.807) is 9.13 Å². The zero-order valence-corrected chi connectivity index (χ0v) is 9.01. The van der Waals surface area contributed by atoms with Crippen LogP contribution in [0.4, 0.5) is 0 Å². The van der Waals surface area contributed by atoms with E-state index in [9.17, 15) is 4.79 Å². The van der Waals surface area contributed by atoms with E-state index in [1.165, 1.54) is 0 Å². The fourth-order valence-corrected chi connectivity index (χ4v) is 1.79. The molecule has 0 amide bonds. The number of imidazole rings is 1. The lowest BCUT2D eigenvalue weighted by molar-refractivity contribution is 0.659. The van der Waals surface area contributed by atoms with E-state index in [4.69, 9.17) is 0 Å². The molecule has 0 fully saturated rings. The maximum absolute atomic E-state index is 11.5. The van der Waals surface area contributed by atoms with Crippen molar-refractivity contribution >= 4 is 11.8 Å². The fraction of sp³-hybridized carbons (Fsp3) is 0.667. The van der Waals surface area contributed by atoms with Crippen LogP contribution in [0.5, 0.6) is 0 Å². The third-order valence-corrected chi connectivity index (χ3v) is 2.82. The van der Waals surface area contributed by atoms with E-state index in [1.807, 2.05) is 31.1 Å². The molecule has 1 heterocycles. The van der Waals surface area contributed by atoms with Crippen LogP contribution < -0.4 is 5.69 Å². The van der Waals surface area contributed by atoms with E-state index >= 15 is 0 Å². The normalized spacial score (nSPS) is 10.6. The van der Waals surface area contributed by atoms with Gasteiger partial charge in [0.15, 0.2) is 0 Å². The molecule has 0 saturated heterocycles. The van der Waals surface area contributed by atoms with Gasteiger partial charge >= 0.3 is 5.69 Å². The minimum absolute atomic E-state index is 0.110. The first-order chi connectivity index (χ1) is 6.29. The molecule has 0 aromatic carbocycles. The van der Waals surface area contributed by atoms with E-state index in [0.29, 0.717) is 0 Å². The molecule has 74 valence electrons. The van der Waals surface area contributed by atoms with Crippen LogP contribution in [0.2, 0.25) is 0 Å². The van der Waals surface area contributed by atoms with Gasteiger partial charge in [0.1, 0.15) is 0 Å². The second-order valence-corrected chi connectivity index (χ2v) is 4.15. The van der Waals surface area contributed by atoms with Gasteiger partial charge in [-0.1, -0.05) is 6.92 Å². The van der Waals surface area contributed by atoms with Gasteiger partial charge in [-0.15, -0.1) is 0 Å². The highest BCUT2D eigenvalue weighted by atomic mass is 32.2. The number of hydrogen-bond acceptors (Lipinski definition) is 2. The highest BCUT2D eigenvalue weighted by molar-refractivity contribution is 7.99. The number of rotatable bonds is 5. The Morgan fingerprint density at radius 3 is 2.54 bits per heavy atom. The fourth-order valence-electron chi connectivity index (χ4n) is 1.17. The molecule has 1 aromatic rings. The van der Waals surface area contributed by atoms with Crippen LogP contribution in [0.3, 0.4) is 0 Å². The lowest BCUT2D eigenvalue weighted by Crippen LogP contribution is -2.24. The Morgan fingerprint density at radius 2 is 2.00 bits per heavy atom. The first-order valence-corrected chi connectivity index (χ1v) is 5.78. The molecule has 1 rings (SSSR count). The highest BCUT2D eigenvalue weighted by Gasteiger charge is 1.99. The maximum atomic E-state index is 11.5. The predicted molar refractivity (Wildman–Crippen MR) is 57.4 cm³/mol. The summed E-state index contributed by atoms with van der Waals surface area (Å²) in [7, 11) is 0. The van der Waals surface area contributed by atoms with Gasteiger partial charge in [-0.3, -0.25) is 9.13 Å². The monoisotopic (exact) mass is 200 g/mol. The minimum atomic E-state index is 0.110. The van der Waals surface area contributed by atoms with Gasteiger partial charge in [-0.25, -0.2) is 4.79 Å². The highest BCUT2D eigenvalue weighted by Crippen LogP contribution is 1.98. The molecule has 13 heavy (non-hydrogen) atoms. The van der Waals surface area contributed by atoms with Crippen molar-refractivity contribution < 1.29 is 0 Å². The molecule has 0 bridgehead atoms. The molecule has 0 spiro atoms. The van der Waals surface area contributed by atoms with Gasteiger partial charge in [0.05, 0.1) is 0 Å². The van der Waals surface area contributed by atoms with Crippen LogP contribution in [0.1, 0.15) is 13.8 Å². The molecule has 0 aliphatic rings. The van der Waals surface area contributed by atoms with Crippen molar-refractivity contribution in [3.05, 3.63) is 22.9 Å². The smallest absolute Gasteiger partial charge is 0.300 e. The second kappa shape index (κ2) is 5.17. The SMILES string of the molecule is CCSCCn1ccn(CC)c1=O. The summed E-state index contributed by atoms with van der Waals surface area (Å²) in [6.07, 6.45) is 3.71. The molecule has 0 aliphatic heterocycles. The van der Waals surface area contributed by atoms with Gasteiger partial charge < -0.3 is 0 Å². The third kappa shape index (κ3) is 2.66. The van der Waals surface area contributed by atoms with E-state index < -0.39 is 0 Å². The van der Waals surface area contributed by atoms with Crippen molar-refractivity contribution in [2.45, 2.75) is 26.9 Å². The van der Waals surface area contributed by atoms with Crippen molar-refractivity contribution in [2.75, 3.05) is 11.5 Å². The van der Waals surface area contributed by atoms with Crippen LogP contribution in [0.25, 0.3) is 0 Å². The lowest BCUT2D eigenvalue weighted by atomic mass is 10.7. The van der Waals surface area contributed by atoms with E-state index in [2.05, 4.69) is 6.92 Å².